The predicted octanol–water partition coefficient (Wildman–Crippen LogP) is 6.31. The Morgan fingerprint density at radius 2 is 1.41 bits per heavy atom. The van der Waals surface area contributed by atoms with Gasteiger partial charge in [0, 0.05) is 0 Å². The molecule has 0 atom stereocenters. The van der Waals surface area contributed by atoms with Crippen molar-refractivity contribution in [3.05, 3.63) is 95.6 Å². The summed E-state index contributed by atoms with van der Waals surface area (Å²) in [6.45, 7) is 3.73. The van der Waals surface area contributed by atoms with Gasteiger partial charge in [0.25, 0.3) is 0 Å². The maximum Gasteiger partial charge on any atom is 0.0846 e. The first-order valence-electron chi connectivity index (χ1n) is 9.49. The van der Waals surface area contributed by atoms with E-state index < -0.39 is 5.60 Å². The van der Waals surface area contributed by atoms with Crippen molar-refractivity contribution < 1.29 is 5.11 Å². The molecule has 0 unspecified atom stereocenters. The molecule has 1 N–H and O–H groups in total. The third kappa shape index (κ3) is 2.50. The summed E-state index contributed by atoms with van der Waals surface area (Å²) in [7, 11) is 0. The molecule has 1 heteroatoms. The van der Waals surface area contributed by atoms with E-state index in [1.807, 2.05) is 26.0 Å². The quantitative estimate of drug-likeness (QED) is 0.396. The highest BCUT2D eigenvalue weighted by molar-refractivity contribution is 6.04. The Balaban J connectivity index is 1.91. The lowest BCUT2D eigenvalue weighted by molar-refractivity contribution is 0.0792. The summed E-state index contributed by atoms with van der Waals surface area (Å²) in [4.78, 5) is 0. The van der Waals surface area contributed by atoms with Gasteiger partial charge in [0.1, 0.15) is 0 Å². The van der Waals surface area contributed by atoms with Gasteiger partial charge < -0.3 is 5.11 Å². The van der Waals surface area contributed by atoms with Gasteiger partial charge in [0.2, 0.25) is 0 Å². The molecule has 0 spiro atoms. The zero-order chi connectivity index (χ0) is 18.6. The van der Waals surface area contributed by atoms with Crippen molar-refractivity contribution in [1.29, 1.82) is 0 Å². The first-order chi connectivity index (χ1) is 13.0. The van der Waals surface area contributed by atoms with Gasteiger partial charge in [-0.25, -0.2) is 0 Å². The van der Waals surface area contributed by atoms with E-state index in [1.165, 1.54) is 38.6 Å². The molecule has 0 saturated carbocycles. The van der Waals surface area contributed by atoms with Crippen LogP contribution in [-0.4, -0.2) is 5.11 Å². The molecular formula is C26H22O. The van der Waals surface area contributed by atoms with Crippen LogP contribution in [-0.2, 0) is 12.0 Å². The molecule has 0 amide bonds. The van der Waals surface area contributed by atoms with Crippen molar-refractivity contribution in [2.45, 2.75) is 25.9 Å². The van der Waals surface area contributed by atoms with Crippen LogP contribution in [0.2, 0.25) is 0 Å². The summed E-state index contributed by atoms with van der Waals surface area (Å²) in [6.07, 6.45) is 0.936. The third-order valence-corrected chi connectivity index (χ3v) is 5.69. The summed E-state index contributed by atoms with van der Waals surface area (Å²) in [5, 5.41) is 13.3. The minimum absolute atomic E-state index is 0.897. The smallest absolute Gasteiger partial charge is 0.0846 e. The molecule has 4 aromatic rings. The highest BCUT2D eigenvalue weighted by Gasteiger charge is 2.27. The van der Waals surface area contributed by atoms with Crippen LogP contribution in [0.1, 0.15) is 30.5 Å². The van der Waals surface area contributed by atoms with E-state index in [-0.39, 0.29) is 0 Å². The number of aliphatic hydroxyl groups is 1. The fourth-order valence-electron chi connectivity index (χ4n) is 4.48. The second-order valence-corrected chi connectivity index (χ2v) is 7.94. The number of fused-ring (bicyclic) bond motifs is 4. The molecule has 1 nitrogen and oxygen atoms in total. The Hall–Kier alpha value is -2.90. The zero-order valence-electron chi connectivity index (χ0n) is 15.7. The normalized spacial score (nSPS) is 12.9. The Bertz CT molecular complexity index is 1180. The lowest BCUT2D eigenvalue weighted by Crippen LogP contribution is -2.17. The van der Waals surface area contributed by atoms with Crippen LogP contribution in [0.4, 0.5) is 0 Å². The van der Waals surface area contributed by atoms with Crippen molar-refractivity contribution in [2.24, 2.45) is 0 Å². The second kappa shape index (κ2) is 5.80. The maximum atomic E-state index is 10.8. The molecule has 0 fully saturated rings. The molecule has 27 heavy (non-hydrogen) atoms. The fraction of sp³-hybridized carbons (Fsp3) is 0.154. The molecule has 5 rings (SSSR count). The Labute approximate surface area is 159 Å². The summed E-state index contributed by atoms with van der Waals surface area (Å²) < 4.78 is 0. The van der Waals surface area contributed by atoms with Crippen LogP contribution in [0.15, 0.2) is 78.9 Å². The van der Waals surface area contributed by atoms with Crippen LogP contribution < -0.4 is 0 Å². The lowest BCUT2D eigenvalue weighted by atomic mass is 9.84. The molecule has 0 bridgehead atoms. The maximum absolute atomic E-state index is 10.8. The van der Waals surface area contributed by atoms with Crippen molar-refractivity contribution in [2.75, 3.05) is 0 Å². The van der Waals surface area contributed by atoms with E-state index in [1.54, 1.807) is 0 Å². The van der Waals surface area contributed by atoms with Crippen LogP contribution >= 0.6 is 0 Å². The molecule has 132 valence electrons. The molecular weight excluding hydrogens is 328 g/mol. The topological polar surface area (TPSA) is 20.2 Å². The van der Waals surface area contributed by atoms with Crippen molar-refractivity contribution >= 4 is 10.8 Å². The average molecular weight is 350 g/mol. The van der Waals surface area contributed by atoms with Crippen molar-refractivity contribution in [1.82, 2.24) is 0 Å². The number of benzene rings is 4. The fourth-order valence-corrected chi connectivity index (χ4v) is 4.48. The van der Waals surface area contributed by atoms with Crippen molar-refractivity contribution in [3.8, 4) is 22.3 Å². The van der Waals surface area contributed by atoms with Gasteiger partial charge in [-0.3, -0.25) is 0 Å². The molecule has 4 aromatic carbocycles. The Morgan fingerprint density at radius 1 is 0.741 bits per heavy atom. The first kappa shape index (κ1) is 16.3. The minimum atomic E-state index is -0.897. The Morgan fingerprint density at radius 3 is 2.22 bits per heavy atom. The summed E-state index contributed by atoms with van der Waals surface area (Å²) in [6, 6.07) is 27.9. The molecule has 1 aliphatic carbocycles. The third-order valence-electron chi connectivity index (χ3n) is 5.69. The average Bonchev–Trinajstić information content (AvgIpc) is 3.03. The number of rotatable bonds is 2. The monoisotopic (exact) mass is 350 g/mol. The highest BCUT2D eigenvalue weighted by Crippen LogP contribution is 2.47. The molecule has 0 radical (unpaired) electrons. The zero-order valence-corrected chi connectivity index (χ0v) is 15.7. The van der Waals surface area contributed by atoms with Gasteiger partial charge in [-0.05, 0) is 76.1 Å². The molecule has 0 saturated heterocycles. The van der Waals surface area contributed by atoms with Crippen LogP contribution in [0.3, 0.4) is 0 Å². The first-order valence-corrected chi connectivity index (χ1v) is 9.49. The summed E-state index contributed by atoms with van der Waals surface area (Å²) >= 11 is 0. The van der Waals surface area contributed by atoms with Crippen LogP contribution in [0, 0.1) is 0 Å². The second-order valence-electron chi connectivity index (χ2n) is 7.94. The van der Waals surface area contributed by atoms with Crippen LogP contribution in [0.25, 0.3) is 33.0 Å². The number of hydrogen-bond acceptors (Lipinski definition) is 1. The van der Waals surface area contributed by atoms with Gasteiger partial charge in [-0.1, -0.05) is 72.8 Å². The summed E-state index contributed by atoms with van der Waals surface area (Å²) in [5.41, 5.74) is 7.87. The van der Waals surface area contributed by atoms with Crippen molar-refractivity contribution in [3.63, 3.8) is 0 Å². The SMILES string of the molecule is CC(C)(O)c1ccccc1-c1c2c(cc3ccccc13)-c1ccccc1C2. The van der Waals surface area contributed by atoms with E-state index in [0.29, 0.717) is 0 Å². The van der Waals surface area contributed by atoms with Gasteiger partial charge in [-0.15, -0.1) is 0 Å². The van der Waals surface area contributed by atoms with E-state index in [9.17, 15) is 5.11 Å². The van der Waals surface area contributed by atoms with E-state index >= 15 is 0 Å². The number of hydrogen-bond donors (Lipinski definition) is 1. The predicted molar refractivity (Wildman–Crippen MR) is 113 cm³/mol. The van der Waals surface area contributed by atoms with Gasteiger partial charge in [-0.2, -0.15) is 0 Å². The molecule has 0 aliphatic heterocycles. The molecule has 0 aromatic heterocycles. The Kier molecular flexibility index (Phi) is 3.50. The summed E-state index contributed by atoms with van der Waals surface area (Å²) in [5.74, 6) is 0. The van der Waals surface area contributed by atoms with E-state index in [2.05, 4.69) is 66.7 Å². The van der Waals surface area contributed by atoms with E-state index in [0.717, 1.165) is 17.5 Å². The highest BCUT2D eigenvalue weighted by atomic mass is 16.3. The lowest BCUT2D eigenvalue weighted by Gasteiger charge is -2.24. The van der Waals surface area contributed by atoms with E-state index in [4.69, 9.17) is 0 Å². The molecule has 1 aliphatic rings. The van der Waals surface area contributed by atoms with Gasteiger partial charge >= 0.3 is 0 Å². The molecule has 0 heterocycles. The largest absolute Gasteiger partial charge is 0.386 e. The van der Waals surface area contributed by atoms with Gasteiger partial charge in [0.05, 0.1) is 5.60 Å². The standard InChI is InChI=1S/C26H22O/c1-26(2,27)24-14-8-7-13-21(24)25-20-12-6-4-10-18(20)15-22-19-11-5-3-9-17(19)16-23(22)25/h3-15,27H,16H2,1-2H3. The van der Waals surface area contributed by atoms with Crippen LogP contribution in [0.5, 0.6) is 0 Å². The minimum Gasteiger partial charge on any atom is -0.386 e. The van der Waals surface area contributed by atoms with Gasteiger partial charge in [0.15, 0.2) is 0 Å².